The van der Waals surface area contributed by atoms with Gasteiger partial charge in [-0.3, -0.25) is 0 Å². The molecule has 0 fully saturated rings. The summed E-state index contributed by atoms with van der Waals surface area (Å²) in [6.07, 6.45) is -2.92. The molecule has 0 aliphatic rings. The van der Waals surface area contributed by atoms with Crippen molar-refractivity contribution in [3.05, 3.63) is 12.3 Å². The average Bonchev–Trinajstić information content (AvgIpc) is 1.59. The van der Waals surface area contributed by atoms with Gasteiger partial charge in [0.25, 0.3) is 0 Å². The Bertz CT molecular complexity index is 201. The predicted octanol–water partition coefficient (Wildman–Crippen LogP) is 0.955. The van der Waals surface area contributed by atoms with E-state index >= 15 is 0 Å². The van der Waals surface area contributed by atoms with Gasteiger partial charge >= 0.3 is 16.6 Å². The fourth-order valence-corrected chi connectivity index (χ4v) is 0.282. The first-order valence-electron chi connectivity index (χ1n) is 1.56. The highest BCUT2D eigenvalue weighted by atomic mass is 32.3. The van der Waals surface area contributed by atoms with E-state index in [1.165, 1.54) is 0 Å². The molecule has 0 saturated carbocycles. The molecule has 0 atom stereocenters. The molecule has 0 amide bonds. The summed E-state index contributed by atoms with van der Waals surface area (Å²) in [7, 11) is -5.28. The molecule has 0 aromatic carbocycles. The van der Waals surface area contributed by atoms with Crippen molar-refractivity contribution < 1.29 is 25.3 Å². The Hall–Kier alpha value is -0.720. The first kappa shape index (κ1) is 8.28. The maximum atomic E-state index is 11.1. The molecule has 9 heavy (non-hydrogen) atoms. The summed E-state index contributed by atoms with van der Waals surface area (Å²) in [5.41, 5.74) is 0. The topological polar surface area (TPSA) is 43.4 Å². The van der Waals surface area contributed by atoms with Crippen molar-refractivity contribution in [3.63, 3.8) is 0 Å². The van der Waals surface area contributed by atoms with E-state index in [1.54, 1.807) is 0 Å². The van der Waals surface area contributed by atoms with E-state index in [9.17, 15) is 21.1 Å². The van der Waals surface area contributed by atoms with Gasteiger partial charge in [-0.1, -0.05) is 3.89 Å². The quantitative estimate of drug-likeness (QED) is 0.448. The summed E-state index contributed by atoms with van der Waals surface area (Å²) in [5, 5.41) is 0. The second-order valence-electron chi connectivity index (χ2n) is 0.897. The van der Waals surface area contributed by atoms with Crippen LogP contribution in [0, 0.1) is 0 Å². The third-order valence-corrected chi connectivity index (χ3v) is 0.578. The lowest BCUT2D eigenvalue weighted by Crippen LogP contribution is -1.90. The largest absolute Gasteiger partial charge is 0.488 e. The molecule has 0 rings (SSSR count). The van der Waals surface area contributed by atoms with Crippen LogP contribution in [-0.4, -0.2) is 8.42 Å². The highest BCUT2D eigenvalue weighted by Crippen LogP contribution is 2.01. The Kier molecular flexibility index (Phi) is 2.50. The molecule has 0 aromatic rings. The SMILES string of the molecule is O=S(=O)(F)OC=C(F)F. The van der Waals surface area contributed by atoms with Crippen LogP contribution in [0.3, 0.4) is 0 Å². The van der Waals surface area contributed by atoms with Gasteiger partial charge < -0.3 is 4.18 Å². The fraction of sp³-hybridized carbons (Fsp3) is 0. The van der Waals surface area contributed by atoms with E-state index in [-0.39, 0.29) is 0 Å². The zero-order valence-electron chi connectivity index (χ0n) is 3.84. The Morgan fingerprint density at radius 1 is 1.44 bits per heavy atom. The molecule has 3 nitrogen and oxygen atoms in total. The van der Waals surface area contributed by atoms with Crippen LogP contribution in [0.15, 0.2) is 12.3 Å². The summed E-state index contributed by atoms with van der Waals surface area (Å²) < 4.78 is 54.3. The molecule has 0 spiro atoms. The normalized spacial score (nSPS) is 10.6. The van der Waals surface area contributed by atoms with Gasteiger partial charge in [0, 0.05) is 0 Å². The maximum Gasteiger partial charge on any atom is 0.488 e. The number of hydrogen-bond acceptors (Lipinski definition) is 3. The zero-order valence-corrected chi connectivity index (χ0v) is 4.66. The van der Waals surface area contributed by atoms with E-state index in [4.69, 9.17) is 0 Å². The van der Waals surface area contributed by atoms with E-state index in [1.807, 2.05) is 0 Å². The van der Waals surface area contributed by atoms with Crippen LogP contribution >= 0.6 is 0 Å². The zero-order chi connectivity index (χ0) is 7.49. The minimum absolute atomic E-state index is 0.505. The molecular weight excluding hydrogens is 161 g/mol. The van der Waals surface area contributed by atoms with Crippen molar-refractivity contribution in [2.24, 2.45) is 0 Å². The van der Waals surface area contributed by atoms with Gasteiger partial charge in [0.15, 0.2) is 6.26 Å². The third kappa shape index (κ3) is 7.28. The van der Waals surface area contributed by atoms with E-state index < -0.39 is 22.8 Å². The Labute approximate surface area is 49.2 Å². The number of halogens is 3. The molecule has 7 heteroatoms. The molecule has 0 bridgehead atoms. The van der Waals surface area contributed by atoms with Crippen LogP contribution in [-0.2, 0) is 14.7 Å². The van der Waals surface area contributed by atoms with Gasteiger partial charge in [-0.2, -0.15) is 17.2 Å². The van der Waals surface area contributed by atoms with Crippen molar-refractivity contribution in [3.8, 4) is 0 Å². The lowest BCUT2D eigenvalue weighted by Gasteiger charge is -1.85. The third-order valence-electron chi connectivity index (χ3n) is 0.252. The van der Waals surface area contributed by atoms with Crippen molar-refractivity contribution in [1.82, 2.24) is 0 Å². The van der Waals surface area contributed by atoms with Crippen molar-refractivity contribution in [2.75, 3.05) is 0 Å². The van der Waals surface area contributed by atoms with Crippen LogP contribution in [0.5, 0.6) is 0 Å². The Morgan fingerprint density at radius 3 is 2.00 bits per heavy atom. The van der Waals surface area contributed by atoms with Crippen molar-refractivity contribution in [1.29, 1.82) is 0 Å². The standard InChI is InChI=1S/C2HF3O3S/c3-2(4)1-8-9(5,6)7/h1H. The molecule has 0 aliphatic carbocycles. The molecule has 0 N–H and O–H groups in total. The highest BCUT2D eigenvalue weighted by Gasteiger charge is 2.04. The van der Waals surface area contributed by atoms with Crippen LogP contribution in [0.1, 0.15) is 0 Å². The number of rotatable bonds is 2. The summed E-state index contributed by atoms with van der Waals surface area (Å²) >= 11 is 0. The Balaban J connectivity index is 3.95. The first-order chi connectivity index (χ1) is 3.92. The lowest BCUT2D eigenvalue weighted by atomic mass is 11.1. The van der Waals surface area contributed by atoms with Gasteiger partial charge in [-0.25, -0.2) is 0 Å². The summed E-state index contributed by atoms with van der Waals surface area (Å²) in [6.45, 7) is 0. The molecule has 0 radical (unpaired) electrons. The molecule has 0 aromatic heterocycles. The van der Waals surface area contributed by atoms with Crippen molar-refractivity contribution in [2.45, 2.75) is 0 Å². The van der Waals surface area contributed by atoms with Gasteiger partial charge in [0.1, 0.15) is 0 Å². The molecule has 0 unspecified atom stereocenters. The second kappa shape index (κ2) is 2.72. The van der Waals surface area contributed by atoms with Gasteiger partial charge in [-0.05, 0) is 0 Å². The maximum absolute atomic E-state index is 11.1. The van der Waals surface area contributed by atoms with Gasteiger partial charge in [0.2, 0.25) is 0 Å². The van der Waals surface area contributed by atoms with E-state index in [2.05, 4.69) is 4.18 Å². The van der Waals surface area contributed by atoms with E-state index in [0.717, 1.165) is 0 Å². The van der Waals surface area contributed by atoms with Crippen molar-refractivity contribution >= 4 is 10.5 Å². The van der Waals surface area contributed by atoms with Crippen LogP contribution in [0.25, 0.3) is 0 Å². The Morgan fingerprint density at radius 2 is 1.89 bits per heavy atom. The van der Waals surface area contributed by atoms with Crippen LogP contribution in [0.2, 0.25) is 0 Å². The minimum atomic E-state index is -5.28. The summed E-state index contributed by atoms with van der Waals surface area (Å²) in [4.78, 5) is 0. The monoisotopic (exact) mass is 162 g/mol. The minimum Gasteiger partial charge on any atom is -0.361 e. The van der Waals surface area contributed by atoms with Crippen LogP contribution in [0.4, 0.5) is 12.7 Å². The predicted molar refractivity (Wildman–Crippen MR) is 21.4 cm³/mol. The highest BCUT2D eigenvalue weighted by molar-refractivity contribution is 7.81. The fourth-order valence-electron chi connectivity index (χ4n) is 0.0938. The summed E-state index contributed by atoms with van der Waals surface area (Å²) in [5.74, 6) is 0. The lowest BCUT2D eigenvalue weighted by molar-refractivity contribution is 0.346. The second-order valence-corrected chi connectivity index (χ2v) is 1.88. The molecular formula is C2HF3O3S. The first-order valence-corrected chi connectivity index (χ1v) is 2.87. The van der Waals surface area contributed by atoms with Gasteiger partial charge in [0.05, 0.1) is 0 Å². The smallest absolute Gasteiger partial charge is 0.361 e. The summed E-state index contributed by atoms with van der Waals surface area (Å²) in [6, 6.07) is 0. The molecule has 0 aliphatic heterocycles. The van der Waals surface area contributed by atoms with Gasteiger partial charge in [-0.15, -0.1) is 0 Å². The molecule has 54 valence electrons. The average molecular weight is 162 g/mol. The van der Waals surface area contributed by atoms with Crippen LogP contribution < -0.4 is 0 Å². The molecule has 0 heterocycles. The molecule has 0 saturated heterocycles. The number of hydrogen-bond donors (Lipinski definition) is 0. The van der Waals surface area contributed by atoms with E-state index in [0.29, 0.717) is 0 Å².